The van der Waals surface area contributed by atoms with Gasteiger partial charge in [-0.25, -0.2) is 9.59 Å². The Kier molecular flexibility index (Phi) is 5.65. The fourth-order valence-corrected chi connectivity index (χ4v) is 3.75. The van der Waals surface area contributed by atoms with E-state index in [4.69, 9.17) is 27.9 Å². The van der Waals surface area contributed by atoms with Crippen molar-refractivity contribution in [3.05, 3.63) is 81.0 Å². The predicted octanol–water partition coefficient (Wildman–Crippen LogP) is 3.19. The van der Waals surface area contributed by atoms with Gasteiger partial charge in [0.2, 0.25) is 5.91 Å². The molecule has 3 amide bonds. The molecule has 7 nitrogen and oxygen atoms in total. The molecule has 0 unspecified atom stereocenters. The van der Waals surface area contributed by atoms with Crippen LogP contribution in [0.3, 0.4) is 0 Å². The van der Waals surface area contributed by atoms with Crippen LogP contribution < -0.4 is 10.6 Å². The molecule has 1 atom stereocenters. The van der Waals surface area contributed by atoms with Crippen LogP contribution in [0.1, 0.15) is 17.2 Å². The molecule has 2 aromatic rings. The lowest BCUT2D eigenvalue weighted by Gasteiger charge is -2.32. The van der Waals surface area contributed by atoms with Gasteiger partial charge < -0.3 is 15.4 Å². The van der Waals surface area contributed by atoms with Crippen molar-refractivity contribution in [2.75, 3.05) is 13.2 Å². The normalized spacial score (nSPS) is 18.1. The highest BCUT2D eigenvalue weighted by Crippen LogP contribution is 2.35. The van der Waals surface area contributed by atoms with Gasteiger partial charge >= 0.3 is 12.0 Å². The summed E-state index contributed by atoms with van der Waals surface area (Å²) in [6.45, 7) is -0.0920. The number of amides is 3. The summed E-state index contributed by atoms with van der Waals surface area (Å²) < 4.78 is 5.16. The van der Waals surface area contributed by atoms with Crippen molar-refractivity contribution >= 4 is 41.1 Å². The van der Waals surface area contributed by atoms with Crippen LogP contribution in [0.15, 0.2) is 59.8 Å². The summed E-state index contributed by atoms with van der Waals surface area (Å²) in [5.74, 6) is -0.910. The summed E-state index contributed by atoms with van der Waals surface area (Å²) in [6.07, 6.45) is 0. The molecule has 0 spiro atoms. The lowest BCUT2D eigenvalue weighted by molar-refractivity contribution is -0.136. The zero-order valence-electron chi connectivity index (χ0n) is 15.7. The lowest BCUT2D eigenvalue weighted by atomic mass is 9.96. The summed E-state index contributed by atoms with van der Waals surface area (Å²) in [6, 6.07) is 12.8. The third-order valence-corrected chi connectivity index (χ3v) is 5.56. The lowest BCUT2D eigenvalue weighted by Crippen LogP contribution is -2.50. The molecule has 2 N–H and O–H groups in total. The van der Waals surface area contributed by atoms with E-state index in [0.29, 0.717) is 26.9 Å². The summed E-state index contributed by atoms with van der Waals surface area (Å²) in [5, 5.41) is 6.60. The fraction of sp³-hybridized carbons (Fsp3) is 0.190. The highest BCUT2D eigenvalue weighted by molar-refractivity contribution is 6.31. The molecule has 2 aliphatic heterocycles. The number of esters is 1. The van der Waals surface area contributed by atoms with E-state index >= 15 is 0 Å². The zero-order valence-corrected chi connectivity index (χ0v) is 17.2. The third kappa shape index (κ3) is 3.99. The van der Waals surface area contributed by atoms with Crippen LogP contribution in [-0.2, 0) is 20.9 Å². The maximum Gasteiger partial charge on any atom is 0.338 e. The van der Waals surface area contributed by atoms with Gasteiger partial charge in [-0.1, -0.05) is 53.5 Å². The number of carbonyl (C=O) groups excluding carboxylic acids is 3. The van der Waals surface area contributed by atoms with Crippen molar-refractivity contribution < 1.29 is 19.1 Å². The third-order valence-electron chi connectivity index (χ3n) is 4.94. The first kappa shape index (κ1) is 20.3. The van der Waals surface area contributed by atoms with Crippen molar-refractivity contribution in [2.45, 2.75) is 12.6 Å². The van der Waals surface area contributed by atoms with Gasteiger partial charge in [-0.15, -0.1) is 0 Å². The monoisotopic (exact) mass is 445 g/mol. The van der Waals surface area contributed by atoms with Gasteiger partial charge in [0.1, 0.15) is 13.2 Å². The number of nitrogens with one attached hydrogen (secondary N) is 2. The maximum absolute atomic E-state index is 12.7. The summed E-state index contributed by atoms with van der Waals surface area (Å²) in [7, 11) is 0. The van der Waals surface area contributed by atoms with Gasteiger partial charge in [-0.05, 0) is 29.3 Å². The molecule has 0 fully saturated rings. The van der Waals surface area contributed by atoms with Crippen molar-refractivity contribution in [1.29, 1.82) is 0 Å². The SMILES string of the molecule is O=C(CN1C(=O)N[C@@H](c2ccc(Cl)cc2)C2=C1COC2=O)NCc1ccccc1Cl. The van der Waals surface area contributed by atoms with E-state index in [2.05, 4.69) is 10.6 Å². The fourth-order valence-electron chi connectivity index (χ4n) is 3.42. The molecule has 30 heavy (non-hydrogen) atoms. The summed E-state index contributed by atoms with van der Waals surface area (Å²) in [4.78, 5) is 38.8. The van der Waals surface area contributed by atoms with E-state index in [1.54, 1.807) is 42.5 Å². The zero-order chi connectivity index (χ0) is 21.3. The first-order valence-electron chi connectivity index (χ1n) is 9.18. The molecule has 0 saturated carbocycles. The second kappa shape index (κ2) is 8.38. The molecule has 2 aromatic carbocycles. The summed E-state index contributed by atoms with van der Waals surface area (Å²) >= 11 is 12.0. The largest absolute Gasteiger partial charge is 0.456 e. The van der Waals surface area contributed by atoms with Crippen LogP contribution in [0.4, 0.5) is 4.79 Å². The average molecular weight is 446 g/mol. The van der Waals surface area contributed by atoms with Crippen LogP contribution in [0, 0.1) is 0 Å². The molecule has 0 aromatic heterocycles. The molecule has 0 aliphatic carbocycles. The first-order valence-corrected chi connectivity index (χ1v) is 9.93. The van der Waals surface area contributed by atoms with E-state index in [1.165, 1.54) is 4.90 Å². The van der Waals surface area contributed by atoms with Crippen molar-refractivity contribution in [1.82, 2.24) is 15.5 Å². The Morgan fingerprint density at radius 3 is 2.60 bits per heavy atom. The second-order valence-electron chi connectivity index (χ2n) is 6.82. The Morgan fingerprint density at radius 2 is 1.87 bits per heavy atom. The van der Waals surface area contributed by atoms with Crippen LogP contribution in [0.5, 0.6) is 0 Å². The number of hydrogen-bond donors (Lipinski definition) is 2. The number of urea groups is 1. The Balaban J connectivity index is 1.52. The molecule has 2 heterocycles. The smallest absolute Gasteiger partial charge is 0.338 e. The van der Waals surface area contributed by atoms with Gasteiger partial charge in [0.15, 0.2) is 0 Å². The molecule has 2 aliphatic rings. The van der Waals surface area contributed by atoms with Crippen LogP contribution in [-0.4, -0.2) is 36.0 Å². The number of halogens is 2. The number of hydrogen-bond acceptors (Lipinski definition) is 4. The number of cyclic esters (lactones) is 1. The van der Waals surface area contributed by atoms with Gasteiger partial charge in [0.25, 0.3) is 0 Å². The Labute approximate surface area is 182 Å². The standard InChI is InChI=1S/C21H17Cl2N3O4/c22-14-7-5-12(6-8-14)19-18-16(11-30-20(18)28)26(21(29)25-19)10-17(27)24-9-13-3-1-2-4-15(13)23/h1-8,19H,9-11H2,(H,24,27)(H,25,29)/t19-/m0/s1. The molecule has 0 bridgehead atoms. The molecular weight excluding hydrogens is 429 g/mol. The quantitative estimate of drug-likeness (QED) is 0.691. The van der Waals surface area contributed by atoms with Gasteiger partial charge in [-0.3, -0.25) is 9.69 Å². The van der Waals surface area contributed by atoms with Crippen molar-refractivity contribution in [3.63, 3.8) is 0 Å². The number of rotatable bonds is 5. The minimum absolute atomic E-state index is 0.0660. The van der Waals surface area contributed by atoms with Crippen molar-refractivity contribution in [2.24, 2.45) is 0 Å². The molecule has 0 radical (unpaired) electrons. The van der Waals surface area contributed by atoms with E-state index in [9.17, 15) is 14.4 Å². The van der Waals surface area contributed by atoms with Crippen molar-refractivity contribution in [3.8, 4) is 0 Å². The Bertz CT molecular complexity index is 1050. The first-order chi connectivity index (χ1) is 14.4. The molecule has 0 saturated heterocycles. The van der Waals surface area contributed by atoms with E-state index in [0.717, 1.165) is 5.56 Å². The second-order valence-corrected chi connectivity index (χ2v) is 7.67. The average Bonchev–Trinajstić information content (AvgIpc) is 3.11. The Morgan fingerprint density at radius 1 is 1.13 bits per heavy atom. The predicted molar refractivity (Wildman–Crippen MR) is 111 cm³/mol. The molecule has 9 heteroatoms. The van der Waals surface area contributed by atoms with Gasteiger partial charge in [0, 0.05) is 16.6 Å². The highest BCUT2D eigenvalue weighted by atomic mass is 35.5. The van der Waals surface area contributed by atoms with Gasteiger partial charge in [-0.2, -0.15) is 0 Å². The minimum atomic E-state index is -0.665. The number of carbonyl (C=O) groups is 3. The number of nitrogens with zero attached hydrogens (tertiary/aromatic N) is 1. The van der Waals surface area contributed by atoms with E-state index in [-0.39, 0.29) is 25.6 Å². The Hall–Kier alpha value is -3.03. The molecular formula is C21H17Cl2N3O4. The van der Waals surface area contributed by atoms with E-state index < -0.39 is 18.0 Å². The molecule has 4 rings (SSSR count). The number of benzene rings is 2. The van der Waals surface area contributed by atoms with Crippen LogP contribution in [0.25, 0.3) is 0 Å². The minimum Gasteiger partial charge on any atom is -0.456 e. The van der Waals surface area contributed by atoms with Crippen LogP contribution in [0.2, 0.25) is 10.0 Å². The van der Waals surface area contributed by atoms with Gasteiger partial charge in [0.05, 0.1) is 17.3 Å². The van der Waals surface area contributed by atoms with E-state index in [1.807, 2.05) is 6.07 Å². The molecule has 154 valence electrons. The topological polar surface area (TPSA) is 87.7 Å². The maximum atomic E-state index is 12.7. The summed E-state index contributed by atoms with van der Waals surface area (Å²) in [5.41, 5.74) is 2.16. The van der Waals surface area contributed by atoms with Crippen LogP contribution >= 0.6 is 23.2 Å². The number of ether oxygens (including phenoxy) is 1. The highest BCUT2D eigenvalue weighted by Gasteiger charge is 2.42.